The number of thioether (sulfide) groups is 1. The lowest BCUT2D eigenvalue weighted by molar-refractivity contribution is 0.560. The molecule has 0 spiro atoms. The highest BCUT2D eigenvalue weighted by Crippen LogP contribution is 2.41. The van der Waals surface area contributed by atoms with Gasteiger partial charge in [0.25, 0.3) is 0 Å². The lowest BCUT2D eigenvalue weighted by Gasteiger charge is -2.24. The molecule has 29 heavy (non-hydrogen) atoms. The molecule has 0 nitrogen and oxygen atoms in total. The van der Waals surface area contributed by atoms with Gasteiger partial charge in [-0.05, 0) is 82.4 Å². The van der Waals surface area contributed by atoms with Crippen molar-refractivity contribution >= 4 is 11.8 Å². The Morgan fingerprint density at radius 1 is 1.14 bits per heavy atom. The van der Waals surface area contributed by atoms with Crippen molar-refractivity contribution in [2.24, 2.45) is 11.8 Å². The highest BCUT2D eigenvalue weighted by Gasteiger charge is 2.20. The Hall–Kier alpha value is -1.73. The van der Waals surface area contributed by atoms with Gasteiger partial charge in [0, 0.05) is 0 Å². The van der Waals surface area contributed by atoms with Gasteiger partial charge in [-0.15, -0.1) is 0 Å². The van der Waals surface area contributed by atoms with E-state index in [1.165, 1.54) is 51.3 Å². The summed E-state index contributed by atoms with van der Waals surface area (Å²) in [5.74, 6) is 1.40. The fourth-order valence-corrected chi connectivity index (χ4v) is 5.11. The van der Waals surface area contributed by atoms with Gasteiger partial charge in [0.1, 0.15) is 0 Å². The fraction of sp³-hybridized carbons (Fsp3) is 0.429. The zero-order chi connectivity index (χ0) is 20.6. The highest BCUT2D eigenvalue weighted by atomic mass is 32.2. The van der Waals surface area contributed by atoms with Crippen LogP contribution < -0.4 is 0 Å². The third-order valence-electron chi connectivity index (χ3n) is 6.21. The van der Waals surface area contributed by atoms with Crippen LogP contribution in [0.1, 0.15) is 64.0 Å². The van der Waals surface area contributed by atoms with Crippen LogP contribution in [0.4, 0.5) is 0 Å². The summed E-state index contributed by atoms with van der Waals surface area (Å²) >= 11 is 1.92. The maximum atomic E-state index is 4.38. The van der Waals surface area contributed by atoms with E-state index in [1.54, 1.807) is 0 Å². The molecule has 0 saturated carbocycles. The first kappa shape index (κ1) is 22.0. The van der Waals surface area contributed by atoms with Crippen molar-refractivity contribution in [1.82, 2.24) is 0 Å². The molecule has 0 N–H and O–H groups in total. The quantitative estimate of drug-likeness (QED) is 0.376. The van der Waals surface area contributed by atoms with Gasteiger partial charge in [0.15, 0.2) is 0 Å². The van der Waals surface area contributed by atoms with E-state index in [4.69, 9.17) is 0 Å². The van der Waals surface area contributed by atoms with Gasteiger partial charge < -0.3 is 0 Å². The van der Waals surface area contributed by atoms with Crippen LogP contribution in [0.2, 0.25) is 0 Å². The van der Waals surface area contributed by atoms with Gasteiger partial charge >= 0.3 is 0 Å². The van der Waals surface area contributed by atoms with Crippen LogP contribution >= 0.6 is 11.8 Å². The number of rotatable bonds is 10. The second-order valence-corrected chi connectivity index (χ2v) is 9.80. The van der Waals surface area contributed by atoms with Crippen molar-refractivity contribution < 1.29 is 0 Å². The monoisotopic (exact) mass is 404 g/mol. The molecule has 1 aromatic carbocycles. The molecule has 2 aliphatic carbocycles. The summed E-state index contributed by atoms with van der Waals surface area (Å²) in [6.07, 6.45) is 19.6. The van der Waals surface area contributed by atoms with Crippen molar-refractivity contribution in [3.63, 3.8) is 0 Å². The molecule has 0 heterocycles. The summed E-state index contributed by atoms with van der Waals surface area (Å²) in [5, 5.41) is 0. The minimum Gasteiger partial charge on any atom is -0.0993 e. The Kier molecular flexibility index (Phi) is 8.24. The maximum absolute atomic E-state index is 4.38. The van der Waals surface area contributed by atoms with Crippen LogP contribution in [0.3, 0.4) is 0 Å². The van der Waals surface area contributed by atoms with Gasteiger partial charge in [-0.3, -0.25) is 0 Å². The number of hydrogen-bond acceptors (Lipinski definition) is 1. The molecule has 0 aromatic heterocycles. The van der Waals surface area contributed by atoms with Crippen LogP contribution in [0.25, 0.3) is 0 Å². The lowest BCUT2D eigenvalue weighted by Crippen LogP contribution is -2.07. The van der Waals surface area contributed by atoms with Gasteiger partial charge in [-0.25, -0.2) is 0 Å². The van der Waals surface area contributed by atoms with E-state index in [2.05, 4.69) is 82.0 Å². The SMILES string of the molecule is C=C(CCc1ccc(CC(C)CC)cc1)SC1=CC=C(C2=CCC=C2)CC1CC. The second kappa shape index (κ2) is 10.9. The van der Waals surface area contributed by atoms with E-state index in [9.17, 15) is 0 Å². The van der Waals surface area contributed by atoms with Gasteiger partial charge in [0.2, 0.25) is 0 Å². The molecule has 3 rings (SSSR count). The number of aryl methyl sites for hydroxylation is 1. The summed E-state index contributed by atoms with van der Waals surface area (Å²) in [6.45, 7) is 11.3. The molecule has 0 aliphatic heterocycles. The number of hydrogen-bond donors (Lipinski definition) is 0. The average Bonchev–Trinajstić information content (AvgIpc) is 3.28. The number of allylic oxidation sites excluding steroid dienone is 9. The largest absolute Gasteiger partial charge is 0.0993 e. The van der Waals surface area contributed by atoms with Gasteiger partial charge in [0.05, 0.1) is 0 Å². The molecule has 0 amide bonds. The lowest BCUT2D eigenvalue weighted by atomic mass is 9.88. The molecular weight excluding hydrogens is 368 g/mol. The predicted octanol–water partition coefficient (Wildman–Crippen LogP) is 8.58. The highest BCUT2D eigenvalue weighted by molar-refractivity contribution is 8.06. The van der Waals surface area contributed by atoms with E-state index < -0.39 is 0 Å². The van der Waals surface area contributed by atoms with Crippen LogP contribution in [0.15, 0.2) is 82.2 Å². The van der Waals surface area contributed by atoms with Crippen LogP contribution in [0.5, 0.6) is 0 Å². The van der Waals surface area contributed by atoms with Crippen LogP contribution in [-0.4, -0.2) is 0 Å². The van der Waals surface area contributed by atoms with E-state index in [1.807, 2.05) is 11.8 Å². The normalized spacial score (nSPS) is 19.6. The van der Waals surface area contributed by atoms with E-state index in [0.29, 0.717) is 5.92 Å². The van der Waals surface area contributed by atoms with Crippen molar-refractivity contribution in [1.29, 1.82) is 0 Å². The number of benzene rings is 1. The van der Waals surface area contributed by atoms with E-state index >= 15 is 0 Å². The second-order valence-electron chi connectivity index (χ2n) is 8.54. The third-order valence-corrected chi connectivity index (χ3v) is 7.41. The summed E-state index contributed by atoms with van der Waals surface area (Å²) in [5.41, 5.74) is 5.81. The molecule has 2 unspecified atom stereocenters. The zero-order valence-electron chi connectivity index (χ0n) is 18.4. The van der Waals surface area contributed by atoms with Crippen LogP contribution in [-0.2, 0) is 12.8 Å². The summed E-state index contributed by atoms with van der Waals surface area (Å²) in [7, 11) is 0. The van der Waals surface area contributed by atoms with Crippen molar-refractivity contribution in [3.05, 3.63) is 93.3 Å². The Bertz CT molecular complexity index is 816. The summed E-state index contributed by atoms with van der Waals surface area (Å²) in [6, 6.07) is 9.24. The minimum absolute atomic E-state index is 0.631. The first-order valence-corrected chi connectivity index (χ1v) is 12.1. The molecule has 2 aliphatic rings. The first-order valence-electron chi connectivity index (χ1n) is 11.3. The Morgan fingerprint density at radius 3 is 2.55 bits per heavy atom. The Morgan fingerprint density at radius 2 is 1.90 bits per heavy atom. The average molecular weight is 405 g/mol. The molecule has 2 atom stereocenters. The Labute approximate surface area is 182 Å². The minimum atomic E-state index is 0.631. The molecule has 0 radical (unpaired) electrons. The van der Waals surface area contributed by atoms with Gasteiger partial charge in [-0.2, -0.15) is 0 Å². The van der Waals surface area contributed by atoms with Crippen molar-refractivity contribution in [2.75, 3.05) is 0 Å². The van der Waals surface area contributed by atoms with Crippen LogP contribution in [0, 0.1) is 11.8 Å². The van der Waals surface area contributed by atoms with Gasteiger partial charge in [-0.1, -0.05) is 100 Å². The zero-order valence-corrected chi connectivity index (χ0v) is 19.2. The molecule has 1 heteroatoms. The fourth-order valence-electron chi connectivity index (χ4n) is 4.02. The molecular formula is C28H36S. The Balaban J connectivity index is 1.52. The van der Waals surface area contributed by atoms with Crippen molar-refractivity contribution in [2.45, 2.75) is 65.7 Å². The first-order chi connectivity index (χ1) is 14.1. The molecule has 154 valence electrons. The molecule has 0 saturated heterocycles. The summed E-state index contributed by atoms with van der Waals surface area (Å²) < 4.78 is 0. The predicted molar refractivity (Wildman–Crippen MR) is 131 cm³/mol. The molecule has 0 fully saturated rings. The summed E-state index contributed by atoms with van der Waals surface area (Å²) in [4.78, 5) is 2.78. The smallest absolute Gasteiger partial charge is 0.00604 e. The van der Waals surface area contributed by atoms with E-state index in [-0.39, 0.29) is 0 Å². The maximum Gasteiger partial charge on any atom is -0.00604 e. The topological polar surface area (TPSA) is 0 Å². The molecule has 1 aromatic rings. The van der Waals surface area contributed by atoms with Crippen molar-refractivity contribution in [3.8, 4) is 0 Å². The van der Waals surface area contributed by atoms with E-state index in [0.717, 1.165) is 31.6 Å². The third kappa shape index (κ3) is 6.37. The standard InChI is InChI=1S/C28H36S/c1-5-21(3)19-24-15-13-23(14-16-24)12-11-22(4)29-28-18-17-27(20-25(28)6-2)26-9-7-8-10-26/h7,9-10,13-18,21,25H,4-6,8,11-12,19-20H2,1-3H3. The molecule has 0 bridgehead atoms.